The van der Waals surface area contributed by atoms with Gasteiger partial charge in [0.1, 0.15) is 18.9 Å². The smallest absolute Gasteiger partial charge is 0.339 e. The Balaban J connectivity index is 1.83. The van der Waals surface area contributed by atoms with Gasteiger partial charge in [0.05, 0.1) is 0 Å². The molecule has 0 aliphatic carbocycles. The van der Waals surface area contributed by atoms with E-state index in [0.717, 1.165) is 6.92 Å². The Morgan fingerprint density at radius 1 is 1.30 bits per heavy atom. The van der Waals surface area contributed by atoms with Crippen molar-refractivity contribution in [3.8, 4) is 0 Å². The molecule has 1 atom stereocenters. The highest BCUT2D eigenvalue weighted by molar-refractivity contribution is 5.75. The first-order valence-corrected chi connectivity index (χ1v) is 6.17. The van der Waals surface area contributed by atoms with E-state index >= 15 is 0 Å². The Kier molecular flexibility index (Phi) is 4.21. The van der Waals surface area contributed by atoms with E-state index in [0.29, 0.717) is 0 Å². The third kappa shape index (κ3) is 3.44. The molecule has 0 saturated carbocycles. The summed E-state index contributed by atoms with van der Waals surface area (Å²) in [6.07, 6.45) is -2.92. The number of hydrogen-bond donors (Lipinski definition) is 0. The molecule has 0 unspecified atom stereocenters. The van der Waals surface area contributed by atoms with Crippen LogP contribution < -0.4 is 0 Å². The predicted molar refractivity (Wildman–Crippen MR) is 61.5 cm³/mol. The summed E-state index contributed by atoms with van der Waals surface area (Å²) in [4.78, 5) is 14.8. The largest absolute Gasteiger partial charge is 0.403 e. The van der Waals surface area contributed by atoms with Gasteiger partial charge in [-0.15, -0.1) is 5.10 Å². The monoisotopic (exact) mass is 292 g/mol. The first kappa shape index (κ1) is 14.7. The molecular weight excluding hydrogens is 277 g/mol. The fraction of sp³-hybridized carbons (Fsp3) is 0.800. The summed E-state index contributed by atoms with van der Waals surface area (Å²) < 4.78 is 39.1. The van der Waals surface area contributed by atoms with E-state index < -0.39 is 12.2 Å². The van der Waals surface area contributed by atoms with E-state index in [2.05, 4.69) is 15.5 Å². The van der Waals surface area contributed by atoms with E-state index in [1.165, 1.54) is 20.8 Å². The number of amides is 1. The van der Waals surface area contributed by atoms with Gasteiger partial charge in [0.25, 0.3) is 0 Å². The minimum Gasteiger partial charge on any atom is -0.339 e. The van der Waals surface area contributed by atoms with Crippen LogP contribution in [0.4, 0.5) is 13.2 Å². The van der Waals surface area contributed by atoms with Gasteiger partial charge in [-0.2, -0.15) is 13.2 Å². The molecule has 0 spiro atoms. The fourth-order valence-electron chi connectivity index (χ4n) is 2.06. The molecule has 0 radical (unpaired) electrons. The number of hydrogen-bond acceptors (Lipinski definition) is 5. The summed E-state index contributed by atoms with van der Waals surface area (Å²) in [7, 11) is 0. The van der Waals surface area contributed by atoms with Gasteiger partial charge >= 0.3 is 6.18 Å². The Labute approximate surface area is 113 Å². The Morgan fingerprint density at radius 2 is 1.95 bits per heavy atom. The molecule has 1 aromatic rings. The lowest BCUT2D eigenvalue weighted by atomic mass is 10.2. The molecule has 10 heteroatoms. The average Bonchev–Trinajstić information content (AvgIpc) is 2.90. The minimum absolute atomic E-state index is 0.00181. The minimum atomic E-state index is -4.24. The highest BCUT2D eigenvalue weighted by atomic mass is 19.4. The third-order valence-corrected chi connectivity index (χ3v) is 3.38. The molecule has 1 saturated heterocycles. The summed E-state index contributed by atoms with van der Waals surface area (Å²) in [5.74, 6) is -0.198. The summed E-state index contributed by atoms with van der Waals surface area (Å²) >= 11 is 0. The zero-order valence-corrected chi connectivity index (χ0v) is 10.9. The molecule has 1 fully saturated rings. The van der Waals surface area contributed by atoms with Crippen LogP contribution in [0.15, 0.2) is 6.33 Å². The highest BCUT2D eigenvalue weighted by Gasteiger charge is 2.41. The van der Waals surface area contributed by atoms with Gasteiger partial charge in [0.15, 0.2) is 0 Å². The zero-order valence-electron chi connectivity index (χ0n) is 10.9. The molecule has 1 aliphatic heterocycles. The Morgan fingerprint density at radius 3 is 2.45 bits per heavy atom. The standard InChI is InChI=1S/C10H15F3N6O/c1-8(10(11,12)13)17-2-4-18(5-3-17)9(20)6-19-7-14-15-16-19/h7-8H,2-6H2,1H3/t8-/m0/s1. The van der Waals surface area contributed by atoms with Crippen molar-refractivity contribution in [2.75, 3.05) is 26.2 Å². The molecule has 7 nitrogen and oxygen atoms in total. The molecule has 0 aromatic carbocycles. The summed E-state index contributed by atoms with van der Waals surface area (Å²) in [6.45, 7) is 2.12. The van der Waals surface area contributed by atoms with Crippen LogP contribution in [0.2, 0.25) is 0 Å². The predicted octanol–water partition coefficient (Wildman–Crippen LogP) is -0.232. The maximum atomic E-state index is 12.6. The molecule has 20 heavy (non-hydrogen) atoms. The number of tetrazole rings is 1. The van der Waals surface area contributed by atoms with Crippen molar-refractivity contribution in [3.05, 3.63) is 6.33 Å². The van der Waals surface area contributed by atoms with Gasteiger partial charge in [-0.3, -0.25) is 9.69 Å². The first-order valence-electron chi connectivity index (χ1n) is 6.17. The number of rotatable bonds is 3. The highest BCUT2D eigenvalue weighted by Crippen LogP contribution is 2.25. The van der Waals surface area contributed by atoms with Gasteiger partial charge < -0.3 is 4.90 Å². The normalized spacial score (nSPS) is 19.1. The van der Waals surface area contributed by atoms with Crippen molar-refractivity contribution in [2.24, 2.45) is 0 Å². The molecule has 2 heterocycles. The summed E-state index contributed by atoms with van der Waals surface area (Å²) in [6, 6.07) is -1.49. The van der Waals surface area contributed by atoms with E-state index in [1.54, 1.807) is 0 Å². The van der Waals surface area contributed by atoms with Gasteiger partial charge in [0, 0.05) is 26.2 Å². The fourth-order valence-corrected chi connectivity index (χ4v) is 2.06. The van der Waals surface area contributed by atoms with Crippen molar-refractivity contribution < 1.29 is 18.0 Å². The van der Waals surface area contributed by atoms with Crippen molar-refractivity contribution in [1.29, 1.82) is 0 Å². The number of nitrogens with zero attached hydrogens (tertiary/aromatic N) is 6. The maximum absolute atomic E-state index is 12.6. The maximum Gasteiger partial charge on any atom is 0.403 e. The molecule has 0 bridgehead atoms. The molecular formula is C10H15F3N6O. The number of piperazine rings is 1. The quantitative estimate of drug-likeness (QED) is 0.770. The topological polar surface area (TPSA) is 67.2 Å². The van der Waals surface area contributed by atoms with Crippen LogP contribution in [0.3, 0.4) is 0 Å². The second-order valence-electron chi connectivity index (χ2n) is 4.64. The van der Waals surface area contributed by atoms with Crippen LogP contribution in [0.25, 0.3) is 0 Å². The first-order chi connectivity index (χ1) is 9.38. The van der Waals surface area contributed by atoms with Gasteiger partial charge in [-0.1, -0.05) is 0 Å². The van der Waals surface area contributed by atoms with E-state index in [9.17, 15) is 18.0 Å². The van der Waals surface area contributed by atoms with Crippen LogP contribution in [0, 0.1) is 0 Å². The number of carbonyl (C=O) groups excluding carboxylic acids is 1. The summed E-state index contributed by atoms with van der Waals surface area (Å²) in [5, 5.41) is 10.4. The summed E-state index contributed by atoms with van der Waals surface area (Å²) in [5.41, 5.74) is 0. The number of halogens is 3. The van der Waals surface area contributed by atoms with Crippen LogP contribution in [-0.4, -0.2) is 74.3 Å². The van der Waals surface area contributed by atoms with Crippen molar-refractivity contribution in [3.63, 3.8) is 0 Å². The molecule has 1 aromatic heterocycles. The van der Waals surface area contributed by atoms with E-state index in [4.69, 9.17) is 0 Å². The zero-order chi connectivity index (χ0) is 14.8. The Hall–Kier alpha value is -1.71. The Bertz CT molecular complexity index is 440. The van der Waals surface area contributed by atoms with Crippen LogP contribution in [-0.2, 0) is 11.3 Å². The molecule has 0 N–H and O–H groups in total. The number of aromatic nitrogens is 4. The van der Waals surface area contributed by atoms with Crippen LogP contribution in [0.1, 0.15) is 6.92 Å². The lowest BCUT2D eigenvalue weighted by molar-refractivity contribution is -0.183. The average molecular weight is 292 g/mol. The number of alkyl halides is 3. The second kappa shape index (κ2) is 5.73. The van der Waals surface area contributed by atoms with E-state index in [-0.39, 0.29) is 38.6 Å². The third-order valence-electron chi connectivity index (χ3n) is 3.38. The lowest BCUT2D eigenvalue weighted by Gasteiger charge is -2.38. The molecule has 1 amide bonds. The van der Waals surface area contributed by atoms with Gasteiger partial charge in [0.2, 0.25) is 5.91 Å². The van der Waals surface area contributed by atoms with Gasteiger partial charge in [-0.25, -0.2) is 4.68 Å². The van der Waals surface area contributed by atoms with Crippen LogP contribution in [0.5, 0.6) is 0 Å². The van der Waals surface area contributed by atoms with Gasteiger partial charge in [-0.05, 0) is 17.4 Å². The van der Waals surface area contributed by atoms with E-state index in [1.807, 2.05) is 0 Å². The molecule has 2 rings (SSSR count). The van der Waals surface area contributed by atoms with Crippen molar-refractivity contribution in [1.82, 2.24) is 30.0 Å². The number of carbonyl (C=O) groups is 1. The SMILES string of the molecule is C[C@H](N1CCN(C(=O)Cn2cnnn2)CC1)C(F)(F)F. The molecule has 1 aliphatic rings. The van der Waals surface area contributed by atoms with Crippen molar-refractivity contribution in [2.45, 2.75) is 25.7 Å². The molecule has 112 valence electrons. The van der Waals surface area contributed by atoms with Crippen molar-refractivity contribution >= 4 is 5.91 Å². The van der Waals surface area contributed by atoms with Crippen LogP contribution >= 0.6 is 0 Å². The second-order valence-corrected chi connectivity index (χ2v) is 4.64. The lowest BCUT2D eigenvalue weighted by Crippen LogP contribution is -2.55.